The highest BCUT2D eigenvalue weighted by atomic mass is 35.5. The summed E-state index contributed by atoms with van der Waals surface area (Å²) in [7, 11) is 1.89. The Bertz CT molecular complexity index is 1290. The molecule has 0 radical (unpaired) electrons. The molecule has 2 saturated heterocycles. The summed E-state index contributed by atoms with van der Waals surface area (Å²) < 4.78 is 6.24. The van der Waals surface area contributed by atoms with Gasteiger partial charge >= 0.3 is 0 Å². The van der Waals surface area contributed by atoms with Gasteiger partial charge in [-0.3, -0.25) is 14.7 Å². The third kappa shape index (κ3) is 7.40. The lowest BCUT2D eigenvalue weighted by Crippen LogP contribution is -2.54. The summed E-state index contributed by atoms with van der Waals surface area (Å²) in [5.74, 6) is 0.760. The maximum Gasteiger partial charge on any atom is 0.266 e. The number of aromatic amines is 1. The zero-order chi connectivity index (χ0) is 28.1. The lowest BCUT2D eigenvalue weighted by atomic mass is 9.95. The summed E-state index contributed by atoms with van der Waals surface area (Å²) >= 11 is 0. The standard InChI is InChI=1S/C31H40N6O3.ClH/c1-31(2,30(39)36-16-13-32-14-17-36)40-28-8-4-7-27(18-28)37-15-5-6-25(22-37)29(38)35(3)21-23-9-11-24(12-10-23)26-19-33-34-20-26;/h4,7-12,18-20,25,32H,5-6,13-17,21-22H2,1-3H3,(H,33,34);1H/t25-;/m0./s1. The molecule has 0 aliphatic carbocycles. The van der Waals surface area contributed by atoms with Gasteiger partial charge in [-0.1, -0.05) is 30.3 Å². The van der Waals surface area contributed by atoms with Crippen molar-refractivity contribution in [1.29, 1.82) is 0 Å². The summed E-state index contributed by atoms with van der Waals surface area (Å²) in [6, 6.07) is 16.2. The van der Waals surface area contributed by atoms with Gasteiger partial charge in [-0.25, -0.2) is 0 Å². The molecule has 0 unspecified atom stereocenters. The minimum Gasteiger partial charge on any atom is -0.478 e. The van der Waals surface area contributed by atoms with Crippen molar-refractivity contribution in [3.63, 3.8) is 0 Å². The number of hydrogen-bond donors (Lipinski definition) is 2. The van der Waals surface area contributed by atoms with Crippen LogP contribution in [0.5, 0.6) is 5.75 Å². The molecular formula is C31H41ClN6O3. The van der Waals surface area contributed by atoms with E-state index in [2.05, 4.69) is 50.7 Å². The van der Waals surface area contributed by atoms with E-state index in [-0.39, 0.29) is 30.1 Å². The van der Waals surface area contributed by atoms with Crippen LogP contribution in [-0.2, 0) is 16.1 Å². The number of piperidine rings is 1. The Balaban J connectivity index is 0.00000387. The minimum atomic E-state index is -0.962. The third-order valence-electron chi connectivity index (χ3n) is 7.83. The Morgan fingerprint density at radius 3 is 2.54 bits per heavy atom. The first-order valence-electron chi connectivity index (χ1n) is 14.2. The molecule has 9 nitrogen and oxygen atoms in total. The molecular weight excluding hydrogens is 540 g/mol. The number of halogens is 1. The zero-order valence-corrected chi connectivity index (χ0v) is 25.0. The number of anilines is 1. The van der Waals surface area contributed by atoms with Crippen LogP contribution in [0.3, 0.4) is 0 Å². The normalized spacial score (nSPS) is 17.5. The van der Waals surface area contributed by atoms with Gasteiger partial charge in [0.2, 0.25) is 5.91 Å². The summed E-state index contributed by atoms with van der Waals surface area (Å²) in [6.45, 7) is 8.78. The zero-order valence-electron chi connectivity index (χ0n) is 24.1. The van der Waals surface area contributed by atoms with E-state index in [1.165, 1.54) is 0 Å². The van der Waals surface area contributed by atoms with Crippen LogP contribution < -0.4 is 15.0 Å². The quantitative estimate of drug-likeness (QED) is 0.419. The van der Waals surface area contributed by atoms with E-state index >= 15 is 0 Å². The van der Waals surface area contributed by atoms with Crippen LogP contribution in [0.2, 0.25) is 0 Å². The van der Waals surface area contributed by atoms with E-state index in [1.807, 2.05) is 55.1 Å². The van der Waals surface area contributed by atoms with E-state index in [1.54, 1.807) is 6.20 Å². The van der Waals surface area contributed by atoms with Crippen LogP contribution in [0, 0.1) is 5.92 Å². The van der Waals surface area contributed by atoms with Gasteiger partial charge in [0.15, 0.2) is 5.60 Å². The van der Waals surface area contributed by atoms with Crippen molar-refractivity contribution in [1.82, 2.24) is 25.3 Å². The fourth-order valence-corrected chi connectivity index (χ4v) is 5.62. The first-order valence-corrected chi connectivity index (χ1v) is 14.2. The largest absolute Gasteiger partial charge is 0.478 e. The summed E-state index contributed by atoms with van der Waals surface area (Å²) in [4.78, 5) is 32.5. The van der Waals surface area contributed by atoms with E-state index < -0.39 is 5.60 Å². The van der Waals surface area contributed by atoms with Gasteiger partial charge in [-0.2, -0.15) is 5.10 Å². The Hall–Kier alpha value is -3.56. The monoisotopic (exact) mass is 580 g/mol. The van der Waals surface area contributed by atoms with Crippen molar-refractivity contribution in [2.24, 2.45) is 5.92 Å². The molecule has 41 heavy (non-hydrogen) atoms. The van der Waals surface area contributed by atoms with Crippen LogP contribution in [0.15, 0.2) is 60.9 Å². The van der Waals surface area contributed by atoms with Crippen molar-refractivity contribution < 1.29 is 14.3 Å². The predicted molar refractivity (Wildman–Crippen MR) is 163 cm³/mol. The highest BCUT2D eigenvalue weighted by molar-refractivity contribution is 5.85. The van der Waals surface area contributed by atoms with Gasteiger partial charge in [0.05, 0.1) is 12.1 Å². The SMILES string of the molecule is CN(Cc1ccc(-c2cn[nH]c2)cc1)C(=O)[C@H]1CCCN(c2cccc(OC(C)(C)C(=O)N3CCNCC3)c2)C1.Cl. The molecule has 0 saturated carbocycles. The fraction of sp³-hybridized carbons (Fsp3) is 0.452. The Labute approximate surface area is 248 Å². The number of rotatable bonds is 8. The lowest BCUT2D eigenvalue weighted by Gasteiger charge is -2.36. The number of ether oxygens (including phenoxy) is 1. The summed E-state index contributed by atoms with van der Waals surface area (Å²) in [5, 5.41) is 10.1. The minimum absolute atomic E-state index is 0. The van der Waals surface area contributed by atoms with Gasteiger partial charge in [0.25, 0.3) is 5.91 Å². The van der Waals surface area contributed by atoms with Gasteiger partial charge in [0.1, 0.15) is 5.75 Å². The number of carbonyl (C=O) groups is 2. The third-order valence-corrected chi connectivity index (χ3v) is 7.83. The second-order valence-corrected chi connectivity index (χ2v) is 11.3. The molecule has 2 aliphatic heterocycles. The number of aromatic nitrogens is 2. The highest BCUT2D eigenvalue weighted by Crippen LogP contribution is 2.29. The maximum absolute atomic E-state index is 13.4. The Morgan fingerprint density at radius 2 is 1.83 bits per heavy atom. The lowest BCUT2D eigenvalue weighted by molar-refractivity contribution is -0.146. The van der Waals surface area contributed by atoms with Gasteiger partial charge in [-0.15, -0.1) is 12.4 Å². The molecule has 3 aromatic rings. The molecule has 2 fully saturated rings. The van der Waals surface area contributed by atoms with Crippen molar-refractivity contribution >= 4 is 29.9 Å². The fourth-order valence-electron chi connectivity index (χ4n) is 5.62. The molecule has 0 bridgehead atoms. The number of nitrogens with zero attached hydrogens (tertiary/aromatic N) is 4. The van der Waals surface area contributed by atoms with E-state index in [4.69, 9.17) is 4.74 Å². The summed E-state index contributed by atoms with van der Waals surface area (Å²) in [6.07, 6.45) is 5.49. The summed E-state index contributed by atoms with van der Waals surface area (Å²) in [5.41, 5.74) is 3.28. The Kier molecular flexibility index (Phi) is 9.94. The van der Waals surface area contributed by atoms with Crippen molar-refractivity contribution in [3.8, 4) is 16.9 Å². The van der Waals surface area contributed by atoms with Crippen LogP contribution >= 0.6 is 12.4 Å². The van der Waals surface area contributed by atoms with Crippen molar-refractivity contribution in [2.45, 2.75) is 38.8 Å². The molecule has 2 N–H and O–H groups in total. The average molecular weight is 581 g/mol. The highest BCUT2D eigenvalue weighted by Gasteiger charge is 2.35. The first-order chi connectivity index (χ1) is 19.3. The molecule has 2 aliphatic rings. The smallest absolute Gasteiger partial charge is 0.266 e. The number of hydrogen-bond acceptors (Lipinski definition) is 6. The average Bonchev–Trinajstić information content (AvgIpc) is 3.52. The number of nitrogens with one attached hydrogen (secondary N) is 2. The second kappa shape index (κ2) is 13.4. The molecule has 2 aromatic carbocycles. The van der Waals surface area contributed by atoms with Crippen molar-refractivity contribution in [2.75, 3.05) is 51.2 Å². The van der Waals surface area contributed by atoms with E-state index in [9.17, 15) is 9.59 Å². The number of piperazine rings is 1. The maximum atomic E-state index is 13.4. The number of benzene rings is 2. The van der Waals surface area contributed by atoms with Crippen LogP contribution in [0.1, 0.15) is 32.3 Å². The molecule has 3 heterocycles. The molecule has 5 rings (SSSR count). The number of H-pyrrole nitrogens is 1. The molecule has 220 valence electrons. The van der Waals surface area contributed by atoms with Gasteiger partial charge in [-0.05, 0) is 49.9 Å². The predicted octanol–water partition coefficient (Wildman–Crippen LogP) is 3.96. The molecule has 1 aromatic heterocycles. The second-order valence-electron chi connectivity index (χ2n) is 11.3. The van der Waals surface area contributed by atoms with Crippen molar-refractivity contribution in [3.05, 3.63) is 66.5 Å². The van der Waals surface area contributed by atoms with Crippen LogP contribution in [-0.4, -0.2) is 83.7 Å². The Morgan fingerprint density at radius 1 is 1.07 bits per heavy atom. The van der Waals surface area contributed by atoms with Crippen LogP contribution in [0.4, 0.5) is 5.69 Å². The molecule has 1 atom stereocenters. The molecule has 2 amide bonds. The topological polar surface area (TPSA) is 93.8 Å². The van der Waals surface area contributed by atoms with Crippen LogP contribution in [0.25, 0.3) is 11.1 Å². The number of carbonyl (C=O) groups excluding carboxylic acids is 2. The molecule has 0 spiro atoms. The molecule has 10 heteroatoms. The van der Waals surface area contributed by atoms with E-state index in [0.717, 1.165) is 54.9 Å². The van der Waals surface area contributed by atoms with Gasteiger partial charge < -0.3 is 24.8 Å². The number of amides is 2. The van der Waals surface area contributed by atoms with E-state index in [0.29, 0.717) is 31.9 Å². The van der Waals surface area contributed by atoms with Gasteiger partial charge in [0, 0.05) is 76.4 Å². The first kappa shape index (κ1) is 30.4.